The molecule has 10 heteroatoms. The van der Waals surface area contributed by atoms with E-state index in [1.165, 1.54) is 0 Å². The quantitative estimate of drug-likeness (QED) is 0.176. The van der Waals surface area contributed by atoms with E-state index in [4.69, 9.17) is 0 Å². The zero-order valence-electron chi connectivity index (χ0n) is 34.9. The summed E-state index contributed by atoms with van der Waals surface area (Å²) in [6.07, 6.45) is 6.52. The summed E-state index contributed by atoms with van der Waals surface area (Å²) < 4.78 is 0. The van der Waals surface area contributed by atoms with Crippen molar-refractivity contribution in [3.8, 4) is 0 Å². The molecule has 300 valence electrons. The smallest absolute Gasteiger partial charge is 0.249 e. The zero-order valence-corrected chi connectivity index (χ0v) is 34.9. The molecule has 10 nitrogen and oxygen atoms in total. The first-order valence-corrected chi connectivity index (χ1v) is 20.2. The molecule has 4 rings (SSSR count). The number of carbonyl (C=O) groups is 5. The van der Waals surface area contributed by atoms with Gasteiger partial charge in [0.1, 0.15) is 12.1 Å². The van der Waals surface area contributed by atoms with Gasteiger partial charge in [-0.05, 0) is 83.2 Å². The summed E-state index contributed by atoms with van der Waals surface area (Å²) in [6.45, 7) is 19.2. The second kappa shape index (κ2) is 19.0. The number of amides is 4. The Bertz CT molecular complexity index is 1680. The fourth-order valence-corrected chi connectivity index (χ4v) is 7.97. The van der Waals surface area contributed by atoms with Crippen LogP contribution in [0.4, 0.5) is 0 Å². The molecule has 0 unspecified atom stereocenters. The highest BCUT2D eigenvalue weighted by Gasteiger charge is 2.40. The van der Waals surface area contributed by atoms with Crippen LogP contribution in [0.25, 0.3) is 0 Å². The predicted molar refractivity (Wildman–Crippen MR) is 218 cm³/mol. The van der Waals surface area contributed by atoms with Crippen LogP contribution < -0.4 is 10.6 Å². The highest BCUT2D eigenvalue weighted by molar-refractivity contribution is 6.09. The van der Waals surface area contributed by atoms with Crippen molar-refractivity contribution in [3.63, 3.8) is 0 Å². The molecule has 2 heterocycles. The summed E-state index contributed by atoms with van der Waals surface area (Å²) in [5.41, 5.74) is 2.17. The number of benzene rings is 2. The molecule has 2 aliphatic heterocycles. The first-order valence-electron chi connectivity index (χ1n) is 20.2. The Morgan fingerprint density at radius 3 is 2.00 bits per heavy atom. The molecule has 5 atom stereocenters. The van der Waals surface area contributed by atoms with E-state index in [2.05, 4.69) is 29.4 Å². The summed E-state index contributed by atoms with van der Waals surface area (Å²) in [5, 5.41) is 6.26. The largest absolute Gasteiger partial charge is 0.352 e. The molecule has 0 aromatic heterocycles. The first kappa shape index (κ1) is 43.4. The molecular formula is C45H65N5O5. The Labute approximate surface area is 329 Å². The maximum Gasteiger partial charge on any atom is 0.249 e. The van der Waals surface area contributed by atoms with Crippen molar-refractivity contribution in [1.29, 1.82) is 0 Å². The van der Waals surface area contributed by atoms with Crippen molar-refractivity contribution >= 4 is 29.4 Å². The van der Waals surface area contributed by atoms with Crippen LogP contribution in [0.3, 0.4) is 0 Å². The van der Waals surface area contributed by atoms with E-state index in [-0.39, 0.29) is 53.5 Å². The lowest BCUT2D eigenvalue weighted by atomic mass is 9.84. The second-order valence-electron chi connectivity index (χ2n) is 17.3. The van der Waals surface area contributed by atoms with Crippen LogP contribution in [0.5, 0.6) is 0 Å². The van der Waals surface area contributed by atoms with Gasteiger partial charge in [0.2, 0.25) is 23.6 Å². The van der Waals surface area contributed by atoms with Gasteiger partial charge >= 0.3 is 0 Å². The highest BCUT2D eigenvalue weighted by Crippen LogP contribution is 2.27. The van der Waals surface area contributed by atoms with Gasteiger partial charge in [-0.2, -0.15) is 0 Å². The molecule has 0 aliphatic carbocycles. The molecule has 2 fully saturated rings. The van der Waals surface area contributed by atoms with Crippen molar-refractivity contribution in [1.82, 2.24) is 25.3 Å². The summed E-state index contributed by atoms with van der Waals surface area (Å²) in [6, 6.07) is 14.6. The van der Waals surface area contributed by atoms with E-state index in [0.717, 1.165) is 37.8 Å². The number of hydrogen-bond acceptors (Lipinski definition) is 6. The van der Waals surface area contributed by atoms with Gasteiger partial charge in [0.05, 0.1) is 12.1 Å². The Hall–Kier alpha value is -4.31. The van der Waals surface area contributed by atoms with E-state index >= 15 is 0 Å². The molecule has 0 saturated carbocycles. The molecule has 4 amide bonds. The minimum Gasteiger partial charge on any atom is -0.352 e. The van der Waals surface area contributed by atoms with Crippen LogP contribution >= 0.6 is 0 Å². The minimum absolute atomic E-state index is 0.0214. The van der Waals surface area contributed by atoms with Crippen LogP contribution in [0.2, 0.25) is 0 Å². The molecule has 2 aliphatic rings. The van der Waals surface area contributed by atoms with Crippen LogP contribution in [0, 0.1) is 11.3 Å². The molecule has 2 saturated heterocycles. The number of hydrogen-bond donors (Lipinski definition) is 2. The molecule has 55 heavy (non-hydrogen) atoms. The third kappa shape index (κ3) is 11.1. The van der Waals surface area contributed by atoms with Gasteiger partial charge in [0.15, 0.2) is 5.78 Å². The maximum absolute atomic E-state index is 14.3. The van der Waals surface area contributed by atoms with Gasteiger partial charge in [-0.3, -0.25) is 28.9 Å². The van der Waals surface area contributed by atoms with Crippen LogP contribution in [-0.2, 0) is 25.6 Å². The zero-order chi connectivity index (χ0) is 40.6. The number of likely N-dealkylation sites (tertiary alicyclic amines) is 2. The molecular weight excluding hydrogens is 691 g/mol. The standard InChI is InChI=1S/C45H65N5O5/c1-29(2)38(48(10)44(55)40(45(7,8)9)47-42(53)36-19-14-15-25-49(36)30(3)4)27-31(5)43(54)50-26-16-20-37(50)41(52)46-32(6)28-33-21-23-35(24-22-33)39(51)34-17-12-11-13-18-34/h11-13,17-18,21-24,27,29-30,32,36-38,40H,14-16,19-20,25-26,28H2,1-10H3,(H,46,52)(H,47,53)/t32-,36-,37+,38-,40-/m1/s1. The van der Waals surface area contributed by atoms with Crippen molar-refractivity contribution in [2.24, 2.45) is 11.3 Å². The summed E-state index contributed by atoms with van der Waals surface area (Å²) in [5.74, 6) is -0.777. The average Bonchev–Trinajstić information content (AvgIpc) is 3.65. The molecule has 0 bridgehead atoms. The van der Waals surface area contributed by atoms with Crippen molar-refractivity contribution < 1.29 is 24.0 Å². The fourth-order valence-electron chi connectivity index (χ4n) is 7.97. The Balaban J connectivity index is 1.40. The van der Waals surface area contributed by atoms with E-state index in [1.54, 1.807) is 35.9 Å². The number of piperidine rings is 1. The van der Waals surface area contributed by atoms with Crippen molar-refractivity contribution in [3.05, 3.63) is 82.9 Å². The summed E-state index contributed by atoms with van der Waals surface area (Å²) >= 11 is 0. The lowest BCUT2D eigenvalue weighted by Crippen LogP contribution is -2.60. The van der Waals surface area contributed by atoms with Gasteiger partial charge in [0, 0.05) is 42.4 Å². The van der Waals surface area contributed by atoms with E-state index in [0.29, 0.717) is 36.1 Å². The van der Waals surface area contributed by atoms with E-state index in [1.807, 2.05) is 90.1 Å². The molecule has 0 spiro atoms. The van der Waals surface area contributed by atoms with Gasteiger partial charge < -0.3 is 20.4 Å². The Morgan fingerprint density at radius 1 is 0.800 bits per heavy atom. The molecule has 2 aromatic rings. The average molecular weight is 756 g/mol. The first-order chi connectivity index (χ1) is 25.9. The van der Waals surface area contributed by atoms with Crippen LogP contribution in [0.15, 0.2) is 66.2 Å². The number of rotatable bonds is 14. The number of ketones is 1. The number of carbonyl (C=O) groups excluding carboxylic acids is 5. The van der Waals surface area contributed by atoms with E-state index in [9.17, 15) is 24.0 Å². The number of nitrogens with one attached hydrogen (secondary N) is 2. The van der Waals surface area contributed by atoms with Crippen LogP contribution in [0.1, 0.15) is 116 Å². The Morgan fingerprint density at radius 2 is 1.40 bits per heavy atom. The van der Waals surface area contributed by atoms with E-state index < -0.39 is 23.5 Å². The summed E-state index contributed by atoms with van der Waals surface area (Å²) in [4.78, 5) is 73.9. The molecule has 2 N–H and O–H groups in total. The summed E-state index contributed by atoms with van der Waals surface area (Å²) in [7, 11) is 1.75. The normalized spacial score (nSPS) is 19.9. The van der Waals surface area contributed by atoms with Crippen molar-refractivity contribution in [2.75, 3.05) is 20.1 Å². The van der Waals surface area contributed by atoms with Gasteiger partial charge in [-0.15, -0.1) is 0 Å². The van der Waals surface area contributed by atoms with Gasteiger partial charge in [0.25, 0.3) is 0 Å². The van der Waals surface area contributed by atoms with Crippen LogP contribution in [-0.4, -0.2) is 100 Å². The Kier molecular flexibility index (Phi) is 15.0. The monoisotopic (exact) mass is 755 g/mol. The third-order valence-corrected chi connectivity index (χ3v) is 11.1. The SMILES string of the molecule is CC(=C[C@H](C(C)C)N(C)C(=O)[C@@H](NC(=O)[C@H]1CCCCN1C(C)C)C(C)(C)C)C(=O)N1CCC[C@H]1C(=O)N[C@H](C)Cc1ccc(C(=O)c2ccccc2)cc1. The maximum atomic E-state index is 14.3. The predicted octanol–water partition coefficient (Wildman–Crippen LogP) is 6.18. The topological polar surface area (TPSA) is 119 Å². The lowest BCUT2D eigenvalue weighted by molar-refractivity contribution is -0.142. The number of likely N-dealkylation sites (N-methyl/N-ethyl adjacent to an activating group) is 1. The highest BCUT2D eigenvalue weighted by atomic mass is 16.2. The third-order valence-electron chi connectivity index (χ3n) is 11.1. The second-order valence-corrected chi connectivity index (χ2v) is 17.3. The molecule has 0 radical (unpaired) electrons. The fraction of sp³-hybridized carbons (Fsp3) is 0.578. The molecule has 2 aromatic carbocycles. The van der Waals surface area contributed by atoms with Gasteiger partial charge in [-0.25, -0.2) is 0 Å². The lowest BCUT2D eigenvalue weighted by Gasteiger charge is -2.41. The van der Waals surface area contributed by atoms with Crippen molar-refractivity contribution in [2.45, 2.75) is 137 Å². The number of nitrogens with zero attached hydrogens (tertiary/aromatic N) is 3. The van der Waals surface area contributed by atoms with Gasteiger partial charge in [-0.1, -0.05) is 102 Å². The minimum atomic E-state index is -0.755.